The standard InChI is InChI=1S/C28H25N3O3/c1-2-6-25(28(34)30-22-15-13-18(14-16-22)23-17-24(23)29)31-27(33)21-11-9-20(10-12-21)26(32)19-7-4-3-5-8-19/h1,3-5,7-16,23-25H,6,17,29H2,(H,30,34)(H,31,33)/t23-,24+,25-/m0/s1. The van der Waals surface area contributed by atoms with Crippen molar-refractivity contribution >= 4 is 23.3 Å². The van der Waals surface area contributed by atoms with Crippen LogP contribution >= 0.6 is 0 Å². The van der Waals surface area contributed by atoms with Gasteiger partial charge in [-0.15, -0.1) is 12.3 Å². The van der Waals surface area contributed by atoms with Crippen molar-refractivity contribution in [3.8, 4) is 12.3 Å². The maximum Gasteiger partial charge on any atom is 0.251 e. The minimum Gasteiger partial charge on any atom is -0.339 e. The summed E-state index contributed by atoms with van der Waals surface area (Å²) < 4.78 is 0. The Morgan fingerprint density at radius 1 is 0.912 bits per heavy atom. The van der Waals surface area contributed by atoms with E-state index < -0.39 is 17.9 Å². The molecule has 0 aliphatic heterocycles. The predicted molar refractivity (Wildman–Crippen MR) is 131 cm³/mol. The number of ketones is 1. The number of anilines is 1. The number of terminal acetylenes is 1. The normalized spacial score (nSPS) is 17.2. The Kier molecular flexibility index (Phi) is 6.86. The highest BCUT2D eigenvalue weighted by molar-refractivity contribution is 6.09. The zero-order valence-electron chi connectivity index (χ0n) is 18.5. The Morgan fingerprint density at radius 3 is 2.09 bits per heavy atom. The van der Waals surface area contributed by atoms with Crippen LogP contribution in [0.4, 0.5) is 5.69 Å². The van der Waals surface area contributed by atoms with Crippen molar-refractivity contribution in [1.29, 1.82) is 0 Å². The third-order valence-electron chi connectivity index (χ3n) is 5.84. The molecule has 0 saturated heterocycles. The van der Waals surface area contributed by atoms with Crippen LogP contribution in [0.5, 0.6) is 0 Å². The average molecular weight is 452 g/mol. The van der Waals surface area contributed by atoms with Gasteiger partial charge in [0, 0.05) is 40.8 Å². The topological polar surface area (TPSA) is 101 Å². The molecule has 0 heterocycles. The molecule has 0 bridgehead atoms. The lowest BCUT2D eigenvalue weighted by Gasteiger charge is -2.17. The van der Waals surface area contributed by atoms with Gasteiger partial charge in [-0.1, -0.05) is 54.6 Å². The fourth-order valence-corrected chi connectivity index (χ4v) is 3.74. The van der Waals surface area contributed by atoms with Crippen molar-refractivity contribution in [1.82, 2.24) is 5.32 Å². The maximum atomic E-state index is 12.8. The summed E-state index contributed by atoms with van der Waals surface area (Å²) in [7, 11) is 0. The van der Waals surface area contributed by atoms with E-state index in [1.165, 1.54) is 0 Å². The Hall–Kier alpha value is -4.21. The summed E-state index contributed by atoms with van der Waals surface area (Å²) in [5.41, 5.74) is 9.01. The van der Waals surface area contributed by atoms with Crippen molar-refractivity contribution in [2.75, 3.05) is 5.32 Å². The minimum atomic E-state index is -0.903. The Labute approximate surface area is 198 Å². The van der Waals surface area contributed by atoms with E-state index in [2.05, 4.69) is 16.6 Å². The highest BCUT2D eigenvalue weighted by Gasteiger charge is 2.34. The van der Waals surface area contributed by atoms with Gasteiger partial charge >= 0.3 is 0 Å². The number of carbonyl (C=O) groups excluding carboxylic acids is 3. The van der Waals surface area contributed by atoms with E-state index in [9.17, 15) is 14.4 Å². The first-order chi connectivity index (χ1) is 16.5. The van der Waals surface area contributed by atoms with E-state index in [-0.39, 0.29) is 18.2 Å². The molecule has 170 valence electrons. The summed E-state index contributed by atoms with van der Waals surface area (Å²) in [4.78, 5) is 38.1. The second kappa shape index (κ2) is 10.2. The monoisotopic (exact) mass is 451 g/mol. The van der Waals surface area contributed by atoms with Crippen molar-refractivity contribution in [3.05, 3.63) is 101 Å². The van der Waals surface area contributed by atoms with Crippen LogP contribution in [-0.4, -0.2) is 29.7 Å². The molecule has 1 aliphatic rings. The number of carbonyl (C=O) groups is 3. The highest BCUT2D eigenvalue weighted by Crippen LogP contribution is 2.39. The molecular formula is C28H25N3O3. The molecule has 0 aromatic heterocycles. The Bertz CT molecular complexity index is 1230. The molecule has 1 saturated carbocycles. The van der Waals surface area contributed by atoms with E-state index in [0.717, 1.165) is 12.0 Å². The summed E-state index contributed by atoms with van der Waals surface area (Å²) >= 11 is 0. The Morgan fingerprint density at radius 2 is 1.50 bits per heavy atom. The summed E-state index contributed by atoms with van der Waals surface area (Å²) in [6.07, 6.45) is 6.44. The fraction of sp³-hybridized carbons (Fsp3) is 0.179. The highest BCUT2D eigenvalue weighted by atomic mass is 16.2. The van der Waals surface area contributed by atoms with Crippen LogP contribution < -0.4 is 16.4 Å². The average Bonchev–Trinajstić information content (AvgIpc) is 3.60. The van der Waals surface area contributed by atoms with Crippen LogP contribution in [0.1, 0.15) is 50.6 Å². The molecule has 1 aliphatic carbocycles. The summed E-state index contributed by atoms with van der Waals surface area (Å²) in [5, 5.41) is 5.48. The van der Waals surface area contributed by atoms with Gasteiger partial charge in [0.15, 0.2) is 5.78 Å². The zero-order valence-corrected chi connectivity index (χ0v) is 18.5. The SMILES string of the molecule is C#CC[C@H](NC(=O)c1ccc(C(=O)c2ccccc2)cc1)C(=O)Nc1ccc([C@@H]2C[C@H]2N)cc1. The lowest BCUT2D eigenvalue weighted by atomic mass is 10.0. The number of benzene rings is 3. The van der Waals surface area contributed by atoms with Crippen LogP contribution in [0, 0.1) is 12.3 Å². The van der Waals surface area contributed by atoms with Crippen LogP contribution in [-0.2, 0) is 4.79 Å². The molecule has 6 nitrogen and oxygen atoms in total. The third-order valence-corrected chi connectivity index (χ3v) is 5.84. The molecule has 0 spiro atoms. The van der Waals surface area contributed by atoms with Crippen LogP contribution in [0.2, 0.25) is 0 Å². The van der Waals surface area contributed by atoms with Crippen molar-refractivity contribution in [2.24, 2.45) is 5.73 Å². The van der Waals surface area contributed by atoms with Crippen LogP contribution in [0.15, 0.2) is 78.9 Å². The molecule has 3 aromatic rings. The maximum absolute atomic E-state index is 12.8. The first kappa shape index (κ1) is 23.0. The van der Waals surface area contributed by atoms with E-state index in [1.54, 1.807) is 48.5 Å². The van der Waals surface area contributed by atoms with Crippen molar-refractivity contribution in [2.45, 2.75) is 30.8 Å². The molecule has 6 heteroatoms. The van der Waals surface area contributed by atoms with Crippen LogP contribution in [0.3, 0.4) is 0 Å². The molecule has 3 atom stereocenters. The number of rotatable bonds is 8. The first-order valence-electron chi connectivity index (χ1n) is 11.1. The predicted octanol–water partition coefficient (Wildman–Crippen LogP) is 3.49. The molecule has 3 aromatic carbocycles. The van der Waals surface area contributed by atoms with Gasteiger partial charge in [-0.3, -0.25) is 14.4 Å². The van der Waals surface area contributed by atoms with Gasteiger partial charge in [0.05, 0.1) is 0 Å². The number of amides is 2. The van der Waals surface area contributed by atoms with Gasteiger partial charge < -0.3 is 16.4 Å². The fourth-order valence-electron chi connectivity index (χ4n) is 3.74. The van der Waals surface area contributed by atoms with E-state index in [4.69, 9.17) is 12.2 Å². The summed E-state index contributed by atoms with van der Waals surface area (Å²) in [5.74, 6) is 1.83. The molecule has 0 unspecified atom stereocenters. The Balaban J connectivity index is 1.38. The molecule has 34 heavy (non-hydrogen) atoms. The van der Waals surface area contributed by atoms with Crippen LogP contribution in [0.25, 0.3) is 0 Å². The summed E-state index contributed by atoms with van der Waals surface area (Å²) in [6, 6.07) is 22.0. The largest absolute Gasteiger partial charge is 0.339 e. The quantitative estimate of drug-likeness (QED) is 0.360. The molecule has 1 fully saturated rings. The second-order valence-electron chi connectivity index (χ2n) is 8.32. The molecule has 4 N–H and O–H groups in total. The minimum absolute atomic E-state index is 0.0389. The number of nitrogens with one attached hydrogen (secondary N) is 2. The molecule has 2 amide bonds. The lowest BCUT2D eigenvalue weighted by molar-refractivity contribution is -0.117. The lowest BCUT2D eigenvalue weighted by Crippen LogP contribution is -2.43. The molecule has 0 radical (unpaired) electrons. The molecular weight excluding hydrogens is 426 g/mol. The zero-order chi connectivity index (χ0) is 24.1. The number of nitrogens with two attached hydrogens (primary N) is 1. The van der Waals surface area contributed by atoms with Gasteiger partial charge in [-0.2, -0.15) is 0 Å². The van der Waals surface area contributed by atoms with Gasteiger partial charge in [0.25, 0.3) is 5.91 Å². The van der Waals surface area contributed by atoms with Gasteiger partial charge in [0.1, 0.15) is 6.04 Å². The van der Waals surface area contributed by atoms with Crippen molar-refractivity contribution in [3.63, 3.8) is 0 Å². The van der Waals surface area contributed by atoms with Gasteiger partial charge in [-0.05, 0) is 36.2 Å². The van der Waals surface area contributed by atoms with Gasteiger partial charge in [-0.25, -0.2) is 0 Å². The van der Waals surface area contributed by atoms with Gasteiger partial charge in [0.2, 0.25) is 5.91 Å². The second-order valence-corrected chi connectivity index (χ2v) is 8.32. The van der Waals surface area contributed by atoms with E-state index >= 15 is 0 Å². The third kappa shape index (κ3) is 5.40. The number of hydrogen-bond donors (Lipinski definition) is 3. The molecule has 4 rings (SSSR count). The summed E-state index contributed by atoms with van der Waals surface area (Å²) in [6.45, 7) is 0. The van der Waals surface area contributed by atoms with E-state index in [0.29, 0.717) is 28.3 Å². The smallest absolute Gasteiger partial charge is 0.251 e. The van der Waals surface area contributed by atoms with E-state index in [1.807, 2.05) is 30.3 Å². The number of hydrogen-bond acceptors (Lipinski definition) is 4. The first-order valence-corrected chi connectivity index (χ1v) is 11.1. The van der Waals surface area contributed by atoms with Crippen molar-refractivity contribution < 1.29 is 14.4 Å².